The van der Waals surface area contributed by atoms with Crippen LogP contribution in [-0.4, -0.2) is 41.8 Å². The zero-order chi connectivity index (χ0) is 12.2. The van der Waals surface area contributed by atoms with Crippen molar-refractivity contribution < 1.29 is 9.00 Å². The Labute approximate surface area is 100 Å². The highest BCUT2D eigenvalue weighted by atomic mass is 32.2. The normalized spacial score (nSPS) is 27.0. The number of carbonyl (C=O) groups excluding carboxylic acids is 1. The summed E-state index contributed by atoms with van der Waals surface area (Å²) in [6, 6.07) is 0. The van der Waals surface area contributed by atoms with Gasteiger partial charge in [0, 0.05) is 35.9 Å². The molecule has 94 valence electrons. The number of hydrogen-bond donors (Lipinski definition) is 2. The Bertz CT molecular complexity index is 273. The van der Waals surface area contributed by atoms with Gasteiger partial charge in [0.25, 0.3) is 0 Å². The Kier molecular flexibility index (Phi) is 4.92. The SMILES string of the molecule is CC(C)C1(C(=O)NCCS(C)=O)CCNC1. The van der Waals surface area contributed by atoms with Crippen LogP contribution in [0.15, 0.2) is 0 Å². The highest BCUT2D eigenvalue weighted by Crippen LogP contribution is 2.34. The third kappa shape index (κ3) is 3.04. The molecular formula is C11H22N2O2S. The smallest absolute Gasteiger partial charge is 0.227 e. The van der Waals surface area contributed by atoms with Crippen LogP contribution in [0.5, 0.6) is 0 Å². The second-order valence-corrected chi connectivity index (χ2v) is 6.33. The minimum atomic E-state index is -0.838. The number of amides is 1. The van der Waals surface area contributed by atoms with E-state index in [9.17, 15) is 9.00 Å². The fourth-order valence-electron chi connectivity index (χ4n) is 2.14. The summed E-state index contributed by atoms with van der Waals surface area (Å²) in [6.45, 7) is 6.35. The Morgan fingerprint density at radius 2 is 2.25 bits per heavy atom. The zero-order valence-corrected chi connectivity index (χ0v) is 11.2. The van der Waals surface area contributed by atoms with E-state index in [-0.39, 0.29) is 11.3 Å². The molecule has 1 heterocycles. The molecule has 0 aromatic carbocycles. The summed E-state index contributed by atoms with van der Waals surface area (Å²) in [4.78, 5) is 12.1. The van der Waals surface area contributed by atoms with E-state index in [1.54, 1.807) is 6.26 Å². The van der Waals surface area contributed by atoms with Crippen LogP contribution in [0.1, 0.15) is 20.3 Å². The van der Waals surface area contributed by atoms with Gasteiger partial charge in [-0.3, -0.25) is 9.00 Å². The monoisotopic (exact) mass is 246 g/mol. The lowest BCUT2D eigenvalue weighted by molar-refractivity contribution is -0.132. The van der Waals surface area contributed by atoms with Crippen LogP contribution < -0.4 is 10.6 Å². The maximum Gasteiger partial charge on any atom is 0.227 e. The fourth-order valence-corrected chi connectivity index (χ4v) is 2.53. The standard InChI is InChI=1S/C11H22N2O2S/c1-9(2)11(4-5-12-8-11)10(14)13-6-7-16(3)15/h9,12H,4-8H2,1-3H3,(H,13,14). The van der Waals surface area contributed by atoms with Crippen LogP contribution in [0.25, 0.3) is 0 Å². The van der Waals surface area contributed by atoms with Gasteiger partial charge in [0.1, 0.15) is 0 Å². The zero-order valence-electron chi connectivity index (χ0n) is 10.3. The molecule has 0 bridgehead atoms. The van der Waals surface area contributed by atoms with Crippen LogP contribution in [0.3, 0.4) is 0 Å². The predicted octanol–water partition coefficient (Wildman–Crippen LogP) is 0.117. The van der Waals surface area contributed by atoms with Gasteiger partial charge < -0.3 is 10.6 Å². The summed E-state index contributed by atoms with van der Waals surface area (Å²) in [5, 5.41) is 6.16. The van der Waals surface area contributed by atoms with Crippen LogP contribution in [0, 0.1) is 11.3 Å². The van der Waals surface area contributed by atoms with Crippen molar-refractivity contribution in [1.29, 1.82) is 0 Å². The fraction of sp³-hybridized carbons (Fsp3) is 0.909. The molecule has 1 saturated heterocycles. The highest BCUT2D eigenvalue weighted by Gasteiger charge is 2.43. The van der Waals surface area contributed by atoms with Crippen molar-refractivity contribution in [2.24, 2.45) is 11.3 Å². The second-order valence-electron chi connectivity index (χ2n) is 4.77. The molecular weight excluding hydrogens is 224 g/mol. The molecule has 2 unspecified atom stereocenters. The van der Waals surface area contributed by atoms with Gasteiger partial charge in [-0.15, -0.1) is 0 Å². The lowest BCUT2D eigenvalue weighted by atomic mass is 9.75. The Morgan fingerprint density at radius 3 is 2.69 bits per heavy atom. The van der Waals surface area contributed by atoms with Crippen LogP contribution in [-0.2, 0) is 15.6 Å². The summed E-state index contributed by atoms with van der Waals surface area (Å²) in [7, 11) is -0.838. The van der Waals surface area contributed by atoms with E-state index in [2.05, 4.69) is 24.5 Å². The first kappa shape index (κ1) is 13.6. The van der Waals surface area contributed by atoms with Crippen molar-refractivity contribution in [3.8, 4) is 0 Å². The predicted molar refractivity (Wildman–Crippen MR) is 66.7 cm³/mol. The summed E-state index contributed by atoms with van der Waals surface area (Å²) in [5.41, 5.74) is -0.269. The van der Waals surface area contributed by atoms with Gasteiger partial charge in [-0.2, -0.15) is 0 Å². The topological polar surface area (TPSA) is 58.2 Å². The largest absolute Gasteiger partial charge is 0.355 e. The molecule has 0 aliphatic carbocycles. The number of carbonyl (C=O) groups is 1. The molecule has 0 saturated carbocycles. The van der Waals surface area contributed by atoms with Crippen molar-refractivity contribution >= 4 is 16.7 Å². The van der Waals surface area contributed by atoms with E-state index in [0.717, 1.165) is 19.5 Å². The number of rotatable bonds is 5. The maximum atomic E-state index is 12.1. The molecule has 2 N–H and O–H groups in total. The molecule has 0 radical (unpaired) electrons. The maximum absolute atomic E-state index is 12.1. The van der Waals surface area contributed by atoms with Gasteiger partial charge in [0.15, 0.2) is 0 Å². The lowest BCUT2D eigenvalue weighted by Crippen LogP contribution is -2.46. The van der Waals surface area contributed by atoms with Crippen molar-refractivity contribution in [2.75, 3.05) is 31.6 Å². The third-order valence-corrected chi connectivity index (χ3v) is 4.20. The van der Waals surface area contributed by atoms with E-state index in [1.165, 1.54) is 0 Å². The Balaban J connectivity index is 2.52. The second kappa shape index (κ2) is 5.77. The summed E-state index contributed by atoms with van der Waals surface area (Å²) < 4.78 is 10.9. The van der Waals surface area contributed by atoms with E-state index in [0.29, 0.717) is 18.2 Å². The minimum Gasteiger partial charge on any atom is -0.355 e. The summed E-state index contributed by atoms with van der Waals surface area (Å²) in [6.07, 6.45) is 2.55. The average molecular weight is 246 g/mol. The van der Waals surface area contributed by atoms with Crippen LogP contribution in [0.4, 0.5) is 0 Å². The summed E-state index contributed by atoms with van der Waals surface area (Å²) in [5.74, 6) is 0.973. The minimum absolute atomic E-state index is 0.109. The van der Waals surface area contributed by atoms with Crippen LogP contribution >= 0.6 is 0 Å². The average Bonchev–Trinajstić information content (AvgIpc) is 2.66. The molecule has 1 amide bonds. The van der Waals surface area contributed by atoms with Gasteiger partial charge in [-0.1, -0.05) is 13.8 Å². The van der Waals surface area contributed by atoms with Crippen molar-refractivity contribution in [3.05, 3.63) is 0 Å². The van der Waals surface area contributed by atoms with E-state index < -0.39 is 10.8 Å². The molecule has 0 aromatic heterocycles. The molecule has 1 aliphatic heterocycles. The molecule has 1 fully saturated rings. The first-order chi connectivity index (χ1) is 7.49. The van der Waals surface area contributed by atoms with E-state index in [1.807, 2.05) is 0 Å². The molecule has 16 heavy (non-hydrogen) atoms. The number of hydrogen-bond acceptors (Lipinski definition) is 3. The van der Waals surface area contributed by atoms with Crippen molar-refractivity contribution in [3.63, 3.8) is 0 Å². The molecule has 1 rings (SSSR count). The van der Waals surface area contributed by atoms with Crippen molar-refractivity contribution in [2.45, 2.75) is 20.3 Å². The van der Waals surface area contributed by atoms with Gasteiger partial charge in [-0.05, 0) is 18.9 Å². The van der Waals surface area contributed by atoms with Gasteiger partial charge in [0.2, 0.25) is 5.91 Å². The highest BCUT2D eigenvalue weighted by molar-refractivity contribution is 7.84. The van der Waals surface area contributed by atoms with E-state index in [4.69, 9.17) is 0 Å². The molecule has 5 heteroatoms. The Morgan fingerprint density at radius 1 is 1.56 bits per heavy atom. The third-order valence-electron chi connectivity index (χ3n) is 3.42. The summed E-state index contributed by atoms with van der Waals surface area (Å²) >= 11 is 0. The first-order valence-electron chi connectivity index (χ1n) is 5.78. The molecule has 4 nitrogen and oxygen atoms in total. The Hall–Kier alpha value is -0.420. The number of nitrogens with one attached hydrogen (secondary N) is 2. The quantitative estimate of drug-likeness (QED) is 0.724. The van der Waals surface area contributed by atoms with Gasteiger partial charge >= 0.3 is 0 Å². The van der Waals surface area contributed by atoms with Gasteiger partial charge in [-0.25, -0.2) is 0 Å². The molecule has 0 aromatic rings. The molecule has 2 atom stereocenters. The van der Waals surface area contributed by atoms with Crippen molar-refractivity contribution in [1.82, 2.24) is 10.6 Å². The molecule has 0 spiro atoms. The van der Waals surface area contributed by atoms with E-state index >= 15 is 0 Å². The molecule has 1 aliphatic rings. The first-order valence-corrected chi connectivity index (χ1v) is 7.51. The lowest BCUT2D eigenvalue weighted by Gasteiger charge is -2.31. The van der Waals surface area contributed by atoms with Gasteiger partial charge in [0.05, 0.1) is 5.41 Å². The van der Waals surface area contributed by atoms with Crippen LogP contribution in [0.2, 0.25) is 0 Å².